The average Bonchev–Trinajstić information content (AvgIpc) is 3.05. The number of imidazole rings is 1. The van der Waals surface area contributed by atoms with Crippen LogP contribution < -0.4 is 0 Å². The van der Waals surface area contributed by atoms with Crippen LogP contribution in [-0.2, 0) is 25.7 Å². The van der Waals surface area contributed by atoms with E-state index in [9.17, 15) is 13.2 Å². The number of aromatic nitrogens is 3. The standard InChI is InChI=1S/C20H21F3N4/c1-26(10-14-4-6-17-16(9-14)3-2-8-24-17)11-15-5-7-19-25-18(20(21,22)23)13-27(19)12-15/h2-4,6,8-9,13,15H,5,7,10-12H2,1H3/t15-/m0/s1. The number of hydrogen-bond acceptors (Lipinski definition) is 3. The van der Waals surface area contributed by atoms with E-state index in [0.29, 0.717) is 24.7 Å². The summed E-state index contributed by atoms with van der Waals surface area (Å²) in [7, 11) is 2.05. The zero-order valence-corrected chi connectivity index (χ0v) is 15.1. The maximum atomic E-state index is 12.8. The molecule has 2 aromatic heterocycles. The molecule has 0 saturated carbocycles. The molecule has 3 heterocycles. The molecule has 142 valence electrons. The summed E-state index contributed by atoms with van der Waals surface area (Å²) in [5.41, 5.74) is 1.40. The van der Waals surface area contributed by atoms with Crippen LogP contribution in [0.1, 0.15) is 23.5 Å². The number of rotatable bonds is 4. The second-order valence-electron chi connectivity index (χ2n) is 7.32. The van der Waals surface area contributed by atoms with Crippen LogP contribution in [0.4, 0.5) is 13.2 Å². The van der Waals surface area contributed by atoms with Crippen LogP contribution in [0.2, 0.25) is 0 Å². The van der Waals surface area contributed by atoms with Crippen LogP contribution in [0.3, 0.4) is 0 Å². The van der Waals surface area contributed by atoms with Crippen molar-refractivity contribution in [1.82, 2.24) is 19.4 Å². The van der Waals surface area contributed by atoms with Crippen LogP contribution in [0, 0.1) is 5.92 Å². The molecule has 1 aliphatic rings. The summed E-state index contributed by atoms with van der Waals surface area (Å²) in [6.07, 6.45) is 0.0156. The fourth-order valence-electron chi connectivity index (χ4n) is 3.84. The highest BCUT2D eigenvalue weighted by molar-refractivity contribution is 5.78. The lowest BCUT2D eigenvalue weighted by Gasteiger charge is -2.28. The molecular formula is C20H21F3N4. The molecule has 0 aliphatic carbocycles. The van der Waals surface area contributed by atoms with Gasteiger partial charge < -0.3 is 9.47 Å². The Balaban J connectivity index is 1.39. The number of alkyl halides is 3. The van der Waals surface area contributed by atoms with Crippen molar-refractivity contribution in [3.05, 3.63) is 59.8 Å². The zero-order valence-electron chi connectivity index (χ0n) is 15.1. The highest BCUT2D eigenvalue weighted by Crippen LogP contribution is 2.31. The Morgan fingerprint density at radius 1 is 1.26 bits per heavy atom. The molecular weight excluding hydrogens is 353 g/mol. The predicted octanol–water partition coefficient (Wildman–Crippen LogP) is 4.14. The molecule has 0 saturated heterocycles. The number of hydrogen-bond donors (Lipinski definition) is 0. The topological polar surface area (TPSA) is 34.0 Å². The van der Waals surface area contributed by atoms with Gasteiger partial charge in [-0.25, -0.2) is 4.98 Å². The van der Waals surface area contributed by atoms with Crippen molar-refractivity contribution in [3.63, 3.8) is 0 Å². The molecule has 0 fully saturated rings. The van der Waals surface area contributed by atoms with E-state index >= 15 is 0 Å². The number of benzene rings is 1. The lowest BCUT2D eigenvalue weighted by atomic mass is 9.98. The van der Waals surface area contributed by atoms with Gasteiger partial charge in [-0.3, -0.25) is 4.98 Å². The molecule has 0 amide bonds. The number of aryl methyl sites for hydroxylation is 1. The van der Waals surface area contributed by atoms with Gasteiger partial charge >= 0.3 is 6.18 Å². The van der Waals surface area contributed by atoms with Crippen LogP contribution in [-0.4, -0.2) is 33.0 Å². The highest BCUT2D eigenvalue weighted by Gasteiger charge is 2.35. The summed E-state index contributed by atoms with van der Waals surface area (Å²) in [6.45, 7) is 2.22. The zero-order chi connectivity index (χ0) is 19.0. The largest absolute Gasteiger partial charge is 0.434 e. The minimum Gasteiger partial charge on any atom is -0.334 e. The monoisotopic (exact) mass is 374 g/mol. The molecule has 0 spiro atoms. The molecule has 1 atom stereocenters. The summed E-state index contributed by atoms with van der Waals surface area (Å²) < 4.78 is 40.2. The first-order chi connectivity index (χ1) is 12.9. The number of pyridine rings is 1. The molecule has 0 radical (unpaired) electrons. The quantitative estimate of drug-likeness (QED) is 0.688. The predicted molar refractivity (Wildman–Crippen MR) is 97.1 cm³/mol. The maximum Gasteiger partial charge on any atom is 0.434 e. The van der Waals surface area contributed by atoms with Crippen LogP contribution >= 0.6 is 0 Å². The molecule has 1 aliphatic heterocycles. The molecule has 3 aromatic rings. The minimum atomic E-state index is -4.37. The van der Waals surface area contributed by atoms with Gasteiger partial charge in [-0.1, -0.05) is 12.1 Å². The van der Waals surface area contributed by atoms with Crippen LogP contribution in [0.5, 0.6) is 0 Å². The van der Waals surface area contributed by atoms with Gasteiger partial charge in [-0.05, 0) is 43.1 Å². The third-order valence-corrected chi connectivity index (χ3v) is 5.07. The van der Waals surface area contributed by atoms with Crippen LogP contribution in [0.25, 0.3) is 10.9 Å². The molecule has 0 unspecified atom stereocenters. The van der Waals surface area contributed by atoms with E-state index < -0.39 is 11.9 Å². The first-order valence-corrected chi connectivity index (χ1v) is 9.04. The summed E-state index contributed by atoms with van der Waals surface area (Å²) in [5.74, 6) is 0.864. The molecule has 1 aromatic carbocycles. The van der Waals surface area contributed by atoms with Crippen molar-refractivity contribution in [2.75, 3.05) is 13.6 Å². The van der Waals surface area contributed by atoms with E-state index in [2.05, 4.69) is 34.0 Å². The smallest absolute Gasteiger partial charge is 0.334 e. The minimum absolute atomic E-state index is 0.319. The summed E-state index contributed by atoms with van der Waals surface area (Å²) in [5, 5.41) is 1.11. The third kappa shape index (κ3) is 3.98. The first-order valence-electron chi connectivity index (χ1n) is 9.04. The second kappa shape index (κ2) is 6.96. The van der Waals surface area contributed by atoms with Crippen molar-refractivity contribution in [1.29, 1.82) is 0 Å². The van der Waals surface area contributed by atoms with E-state index in [0.717, 1.165) is 36.6 Å². The summed E-state index contributed by atoms with van der Waals surface area (Å²) in [6, 6.07) is 10.2. The van der Waals surface area contributed by atoms with Crippen molar-refractivity contribution in [2.24, 2.45) is 5.92 Å². The second-order valence-corrected chi connectivity index (χ2v) is 7.32. The Hall–Kier alpha value is -2.41. The lowest BCUT2D eigenvalue weighted by molar-refractivity contribution is -0.141. The summed E-state index contributed by atoms with van der Waals surface area (Å²) >= 11 is 0. The number of fused-ring (bicyclic) bond motifs is 2. The SMILES string of the molecule is CN(Cc1ccc2ncccc2c1)C[C@@H]1CCc2nc(C(F)(F)F)cn2C1. The van der Waals surface area contributed by atoms with Gasteiger partial charge in [0.1, 0.15) is 5.82 Å². The van der Waals surface area contributed by atoms with E-state index in [-0.39, 0.29) is 0 Å². The van der Waals surface area contributed by atoms with Gasteiger partial charge in [0.05, 0.1) is 5.52 Å². The summed E-state index contributed by atoms with van der Waals surface area (Å²) in [4.78, 5) is 10.3. The van der Waals surface area contributed by atoms with Crippen molar-refractivity contribution >= 4 is 10.9 Å². The molecule has 0 N–H and O–H groups in total. The molecule has 7 heteroatoms. The fourth-order valence-corrected chi connectivity index (χ4v) is 3.84. The lowest BCUT2D eigenvalue weighted by Crippen LogP contribution is -2.31. The van der Waals surface area contributed by atoms with E-state index in [1.807, 2.05) is 18.2 Å². The molecule has 4 nitrogen and oxygen atoms in total. The van der Waals surface area contributed by atoms with Gasteiger partial charge in [0.25, 0.3) is 0 Å². The van der Waals surface area contributed by atoms with Gasteiger partial charge in [0, 0.05) is 43.8 Å². The Morgan fingerprint density at radius 2 is 2.11 bits per heavy atom. The van der Waals surface area contributed by atoms with Gasteiger partial charge in [-0.15, -0.1) is 0 Å². The normalized spacial score (nSPS) is 17.4. The molecule has 27 heavy (non-hydrogen) atoms. The highest BCUT2D eigenvalue weighted by atomic mass is 19.4. The Kier molecular flexibility index (Phi) is 4.63. The Labute approximate surface area is 155 Å². The Morgan fingerprint density at radius 3 is 2.93 bits per heavy atom. The van der Waals surface area contributed by atoms with Crippen LogP contribution in [0.15, 0.2) is 42.7 Å². The number of nitrogens with zero attached hydrogens (tertiary/aromatic N) is 4. The van der Waals surface area contributed by atoms with Crippen molar-refractivity contribution < 1.29 is 13.2 Å². The van der Waals surface area contributed by atoms with Crippen molar-refractivity contribution in [3.8, 4) is 0 Å². The van der Waals surface area contributed by atoms with E-state index in [1.54, 1.807) is 10.8 Å². The number of halogens is 3. The Bertz CT molecular complexity index is 948. The molecule has 0 bridgehead atoms. The fraction of sp³-hybridized carbons (Fsp3) is 0.400. The maximum absolute atomic E-state index is 12.8. The van der Waals surface area contributed by atoms with Gasteiger partial charge in [-0.2, -0.15) is 13.2 Å². The third-order valence-electron chi connectivity index (χ3n) is 5.07. The van der Waals surface area contributed by atoms with E-state index in [1.165, 1.54) is 5.56 Å². The van der Waals surface area contributed by atoms with Gasteiger partial charge in [0.2, 0.25) is 0 Å². The van der Waals surface area contributed by atoms with Gasteiger partial charge in [0.15, 0.2) is 5.69 Å². The van der Waals surface area contributed by atoms with E-state index in [4.69, 9.17) is 0 Å². The molecule has 4 rings (SSSR count). The van der Waals surface area contributed by atoms with Crippen molar-refractivity contribution in [2.45, 2.75) is 32.1 Å². The first kappa shape index (κ1) is 18.0. The average molecular weight is 374 g/mol.